The van der Waals surface area contributed by atoms with Gasteiger partial charge in [0.05, 0.1) is 11.7 Å². The number of hydrogen-bond acceptors (Lipinski definition) is 4. The standard InChI is InChI=1S/C19H20N2O4/c1-13(14-6-5-7-15(22)10-14)20(2)18(23)11-21-16-8-3-4-9-17(16)25-12-19(21)24/h3-10,13,22H,11-12H2,1-2H3/t13-/m1/s1. The highest BCUT2D eigenvalue weighted by Crippen LogP contribution is 2.31. The summed E-state index contributed by atoms with van der Waals surface area (Å²) in [6, 6.07) is 13.7. The second-order valence-electron chi connectivity index (χ2n) is 6.01. The average molecular weight is 340 g/mol. The molecule has 0 bridgehead atoms. The molecular formula is C19H20N2O4. The summed E-state index contributed by atoms with van der Waals surface area (Å²) in [5, 5.41) is 9.62. The molecule has 2 aromatic carbocycles. The van der Waals surface area contributed by atoms with Crippen LogP contribution in [0.25, 0.3) is 0 Å². The molecule has 1 aliphatic heterocycles. The summed E-state index contributed by atoms with van der Waals surface area (Å²) >= 11 is 0. The lowest BCUT2D eigenvalue weighted by Gasteiger charge is -2.32. The second kappa shape index (κ2) is 6.84. The maximum Gasteiger partial charge on any atom is 0.265 e. The van der Waals surface area contributed by atoms with Crippen LogP contribution in [-0.2, 0) is 9.59 Å². The van der Waals surface area contributed by atoms with Crippen molar-refractivity contribution in [3.63, 3.8) is 0 Å². The number of fused-ring (bicyclic) bond motifs is 1. The number of ether oxygens (including phenoxy) is 1. The largest absolute Gasteiger partial charge is 0.508 e. The van der Waals surface area contributed by atoms with E-state index in [0.717, 1.165) is 5.56 Å². The summed E-state index contributed by atoms with van der Waals surface area (Å²) in [4.78, 5) is 27.9. The Bertz CT molecular complexity index is 806. The molecule has 6 heteroatoms. The molecule has 0 aliphatic carbocycles. The monoisotopic (exact) mass is 340 g/mol. The molecule has 1 aliphatic rings. The minimum atomic E-state index is -0.245. The van der Waals surface area contributed by atoms with Gasteiger partial charge in [0.1, 0.15) is 18.0 Å². The highest BCUT2D eigenvalue weighted by molar-refractivity contribution is 6.02. The van der Waals surface area contributed by atoms with E-state index in [1.165, 1.54) is 4.90 Å². The van der Waals surface area contributed by atoms with Gasteiger partial charge in [-0.1, -0.05) is 24.3 Å². The van der Waals surface area contributed by atoms with Gasteiger partial charge in [0, 0.05) is 7.05 Å². The molecular weight excluding hydrogens is 320 g/mol. The SMILES string of the molecule is C[C@H](c1cccc(O)c1)N(C)C(=O)CN1C(=O)COc2ccccc21. The molecule has 6 nitrogen and oxygen atoms in total. The van der Waals surface area contributed by atoms with E-state index in [2.05, 4.69) is 0 Å². The van der Waals surface area contributed by atoms with Crippen LogP contribution in [0.3, 0.4) is 0 Å². The van der Waals surface area contributed by atoms with Gasteiger partial charge in [0.25, 0.3) is 5.91 Å². The fraction of sp³-hybridized carbons (Fsp3) is 0.263. The number of phenolic OH excluding ortho intramolecular Hbond substituents is 1. The average Bonchev–Trinajstić information content (AvgIpc) is 2.62. The highest BCUT2D eigenvalue weighted by atomic mass is 16.5. The fourth-order valence-electron chi connectivity index (χ4n) is 2.80. The van der Waals surface area contributed by atoms with Crippen molar-refractivity contribution < 1.29 is 19.4 Å². The van der Waals surface area contributed by atoms with Crippen LogP contribution in [0.15, 0.2) is 48.5 Å². The molecule has 0 fully saturated rings. The number of para-hydroxylation sites is 2. The van der Waals surface area contributed by atoms with Gasteiger partial charge in [-0.15, -0.1) is 0 Å². The number of benzene rings is 2. The Hall–Kier alpha value is -3.02. The summed E-state index contributed by atoms with van der Waals surface area (Å²) in [6.07, 6.45) is 0. The minimum absolute atomic E-state index is 0.0567. The zero-order chi connectivity index (χ0) is 18.0. The molecule has 0 spiro atoms. The summed E-state index contributed by atoms with van der Waals surface area (Å²) in [5.74, 6) is 0.312. The molecule has 0 saturated heterocycles. The number of rotatable bonds is 4. The first-order valence-electron chi connectivity index (χ1n) is 8.04. The maximum atomic E-state index is 12.7. The van der Waals surface area contributed by atoms with E-state index in [4.69, 9.17) is 4.74 Å². The van der Waals surface area contributed by atoms with Gasteiger partial charge in [0.15, 0.2) is 6.61 Å². The third-order valence-electron chi connectivity index (χ3n) is 4.43. The van der Waals surface area contributed by atoms with Gasteiger partial charge >= 0.3 is 0 Å². The smallest absolute Gasteiger partial charge is 0.265 e. The highest BCUT2D eigenvalue weighted by Gasteiger charge is 2.29. The first-order valence-corrected chi connectivity index (χ1v) is 8.04. The van der Waals surface area contributed by atoms with Crippen LogP contribution in [0, 0.1) is 0 Å². The summed E-state index contributed by atoms with van der Waals surface area (Å²) in [7, 11) is 1.69. The number of likely N-dealkylation sites (N-methyl/N-ethyl adjacent to an activating group) is 1. The number of nitrogens with zero attached hydrogens (tertiary/aromatic N) is 2. The van der Waals surface area contributed by atoms with Crippen LogP contribution in [0.5, 0.6) is 11.5 Å². The molecule has 0 unspecified atom stereocenters. The lowest BCUT2D eigenvalue weighted by Crippen LogP contribution is -2.46. The Morgan fingerprint density at radius 1 is 1.28 bits per heavy atom. The molecule has 3 rings (SSSR count). The topological polar surface area (TPSA) is 70.1 Å². The lowest BCUT2D eigenvalue weighted by molar-refractivity contribution is -0.132. The van der Waals surface area contributed by atoms with Gasteiger partial charge in [-0.2, -0.15) is 0 Å². The van der Waals surface area contributed by atoms with Crippen molar-refractivity contribution in [1.29, 1.82) is 0 Å². The fourth-order valence-corrected chi connectivity index (χ4v) is 2.80. The van der Waals surface area contributed by atoms with Crippen molar-refractivity contribution in [2.45, 2.75) is 13.0 Å². The van der Waals surface area contributed by atoms with E-state index < -0.39 is 0 Å². The normalized spacial score (nSPS) is 14.5. The van der Waals surface area contributed by atoms with Crippen molar-refractivity contribution in [2.75, 3.05) is 25.1 Å². The maximum absolute atomic E-state index is 12.7. The first kappa shape index (κ1) is 16.8. The molecule has 0 saturated carbocycles. The van der Waals surface area contributed by atoms with Crippen LogP contribution in [0.1, 0.15) is 18.5 Å². The van der Waals surface area contributed by atoms with Crippen LogP contribution in [0.4, 0.5) is 5.69 Å². The number of hydrogen-bond donors (Lipinski definition) is 1. The minimum Gasteiger partial charge on any atom is -0.508 e. The third kappa shape index (κ3) is 3.42. The van der Waals surface area contributed by atoms with Gasteiger partial charge in [-0.3, -0.25) is 14.5 Å². The molecule has 2 aromatic rings. The van der Waals surface area contributed by atoms with Crippen LogP contribution in [0.2, 0.25) is 0 Å². The van der Waals surface area contributed by atoms with Gasteiger partial charge in [-0.05, 0) is 36.8 Å². The van der Waals surface area contributed by atoms with Gasteiger partial charge in [0.2, 0.25) is 5.91 Å². The first-order chi connectivity index (χ1) is 12.0. The van der Waals surface area contributed by atoms with Crippen LogP contribution < -0.4 is 9.64 Å². The van der Waals surface area contributed by atoms with Crippen molar-refractivity contribution in [1.82, 2.24) is 4.90 Å². The number of carbonyl (C=O) groups is 2. The van der Waals surface area contributed by atoms with Crippen LogP contribution in [-0.4, -0.2) is 42.0 Å². The third-order valence-corrected chi connectivity index (χ3v) is 4.43. The zero-order valence-corrected chi connectivity index (χ0v) is 14.2. The molecule has 25 heavy (non-hydrogen) atoms. The number of amides is 2. The van der Waals surface area contributed by atoms with Gasteiger partial charge < -0.3 is 14.7 Å². The van der Waals surface area contributed by atoms with Crippen molar-refractivity contribution in [3.8, 4) is 11.5 Å². The van der Waals surface area contributed by atoms with E-state index in [1.54, 1.807) is 48.3 Å². The lowest BCUT2D eigenvalue weighted by atomic mass is 10.1. The Kier molecular flexibility index (Phi) is 4.61. The summed E-state index contributed by atoms with van der Waals surface area (Å²) in [5.41, 5.74) is 1.43. The van der Waals surface area contributed by atoms with Gasteiger partial charge in [-0.25, -0.2) is 0 Å². The number of carbonyl (C=O) groups excluding carboxylic acids is 2. The van der Waals surface area contributed by atoms with E-state index in [0.29, 0.717) is 11.4 Å². The van der Waals surface area contributed by atoms with E-state index in [-0.39, 0.29) is 36.8 Å². The number of aromatic hydroxyl groups is 1. The second-order valence-corrected chi connectivity index (χ2v) is 6.01. The predicted octanol–water partition coefficient (Wildman–Crippen LogP) is 2.34. The van der Waals surface area contributed by atoms with E-state index >= 15 is 0 Å². The van der Waals surface area contributed by atoms with Crippen molar-refractivity contribution >= 4 is 17.5 Å². The predicted molar refractivity (Wildman–Crippen MR) is 93.6 cm³/mol. The number of phenols is 1. The van der Waals surface area contributed by atoms with Crippen molar-refractivity contribution in [2.24, 2.45) is 0 Å². The zero-order valence-electron chi connectivity index (χ0n) is 14.2. The Morgan fingerprint density at radius 2 is 2.04 bits per heavy atom. The number of anilines is 1. The molecule has 0 radical (unpaired) electrons. The van der Waals surface area contributed by atoms with Crippen LogP contribution >= 0.6 is 0 Å². The van der Waals surface area contributed by atoms with E-state index in [1.807, 2.05) is 19.1 Å². The molecule has 130 valence electrons. The molecule has 1 atom stereocenters. The molecule has 2 amide bonds. The van der Waals surface area contributed by atoms with Crippen molar-refractivity contribution in [3.05, 3.63) is 54.1 Å². The summed E-state index contributed by atoms with van der Waals surface area (Å²) < 4.78 is 5.39. The van der Waals surface area contributed by atoms with E-state index in [9.17, 15) is 14.7 Å². The molecule has 1 N–H and O–H groups in total. The molecule has 0 aromatic heterocycles. The Labute approximate surface area is 146 Å². The molecule has 1 heterocycles. The Morgan fingerprint density at radius 3 is 2.80 bits per heavy atom. The quantitative estimate of drug-likeness (QED) is 0.927. The Balaban J connectivity index is 1.76. The summed E-state index contributed by atoms with van der Waals surface area (Å²) in [6.45, 7) is 1.75.